The molecular weight excluding hydrogens is 518 g/mol. The van der Waals surface area contributed by atoms with E-state index in [2.05, 4.69) is 20.0 Å². The molecule has 2 aliphatic rings. The summed E-state index contributed by atoms with van der Waals surface area (Å²) in [7, 11) is 1.21. The summed E-state index contributed by atoms with van der Waals surface area (Å²) < 4.78 is 31.7. The summed E-state index contributed by atoms with van der Waals surface area (Å²) in [5, 5.41) is 9.45. The van der Waals surface area contributed by atoms with E-state index in [0.29, 0.717) is 11.6 Å². The molecule has 5 rings (SSSR count). The number of ether oxygens (including phenoxy) is 1. The number of halogens is 3. The molecular formula is C26H23ClF2N6O3. The molecule has 1 fully saturated rings. The molecule has 0 bridgehead atoms. The van der Waals surface area contributed by atoms with Crippen LogP contribution in [-0.2, 0) is 9.53 Å². The van der Waals surface area contributed by atoms with Crippen LogP contribution in [-0.4, -0.2) is 66.8 Å². The van der Waals surface area contributed by atoms with Crippen LogP contribution in [0.3, 0.4) is 0 Å². The first-order valence-corrected chi connectivity index (χ1v) is 12.1. The molecule has 9 nitrogen and oxygen atoms in total. The second-order valence-corrected chi connectivity index (χ2v) is 9.35. The van der Waals surface area contributed by atoms with E-state index in [0.717, 1.165) is 16.8 Å². The average Bonchev–Trinajstić information content (AvgIpc) is 3.36. The maximum Gasteiger partial charge on any atom is 0.325 e. The fourth-order valence-corrected chi connectivity index (χ4v) is 4.43. The molecule has 1 unspecified atom stereocenters. The number of nitrogens with zero attached hydrogens (tertiary/aromatic N) is 5. The van der Waals surface area contributed by atoms with Crippen molar-refractivity contribution in [3.05, 3.63) is 82.5 Å². The van der Waals surface area contributed by atoms with E-state index in [1.807, 2.05) is 42.5 Å². The maximum absolute atomic E-state index is 13.6. The van der Waals surface area contributed by atoms with Gasteiger partial charge in [0.15, 0.2) is 5.82 Å². The van der Waals surface area contributed by atoms with Gasteiger partial charge in [-0.25, -0.2) is 18.8 Å². The number of hydrazone groups is 1. The van der Waals surface area contributed by atoms with Crippen molar-refractivity contribution in [3.63, 3.8) is 0 Å². The molecule has 0 saturated carbocycles. The van der Waals surface area contributed by atoms with E-state index in [9.17, 15) is 18.4 Å². The molecule has 3 heterocycles. The van der Waals surface area contributed by atoms with Crippen LogP contribution in [0.25, 0.3) is 0 Å². The summed E-state index contributed by atoms with van der Waals surface area (Å²) in [6, 6.07) is 17.0. The fourth-order valence-electron chi connectivity index (χ4n) is 4.31. The molecule has 1 amide bonds. The van der Waals surface area contributed by atoms with Crippen LogP contribution in [0.4, 0.5) is 20.5 Å². The van der Waals surface area contributed by atoms with E-state index in [1.165, 1.54) is 18.2 Å². The molecule has 1 atom stereocenters. The molecule has 3 aromatic rings. The Morgan fingerprint density at radius 3 is 2.50 bits per heavy atom. The summed E-state index contributed by atoms with van der Waals surface area (Å²) >= 11 is 6.10. The van der Waals surface area contributed by atoms with Crippen LogP contribution in [0, 0.1) is 0 Å². The third-order valence-electron chi connectivity index (χ3n) is 6.25. The monoisotopic (exact) mass is 540 g/mol. The minimum atomic E-state index is -2.83. The molecule has 2 aliphatic heterocycles. The van der Waals surface area contributed by atoms with E-state index >= 15 is 0 Å². The number of amides is 1. The molecule has 1 saturated heterocycles. The Bertz CT molecular complexity index is 1380. The number of nitrogens with one attached hydrogen (secondary N) is 1. The summed E-state index contributed by atoms with van der Waals surface area (Å²) in [6.07, 6.45) is 1.26. The van der Waals surface area contributed by atoms with E-state index in [-0.39, 0.29) is 29.8 Å². The van der Waals surface area contributed by atoms with Gasteiger partial charge in [-0.05, 0) is 23.3 Å². The SMILES string of the molecule is COC(=O)CNC(=O)c1cnc(N2CC(F)(F)C2)nc1N1CC(c2ccccc2)C(c2ccc(Cl)cc2)=N1. The number of rotatable bonds is 7. The van der Waals surface area contributed by atoms with Crippen LogP contribution in [0.2, 0.25) is 5.02 Å². The first kappa shape index (κ1) is 25.5. The number of esters is 1. The highest BCUT2D eigenvalue weighted by Crippen LogP contribution is 2.35. The van der Waals surface area contributed by atoms with Crippen molar-refractivity contribution in [1.29, 1.82) is 0 Å². The zero-order valence-electron chi connectivity index (χ0n) is 20.3. The Hall–Kier alpha value is -4.12. The first-order valence-electron chi connectivity index (χ1n) is 11.8. The molecule has 1 aromatic heterocycles. The van der Waals surface area contributed by atoms with Gasteiger partial charge in [-0.3, -0.25) is 9.59 Å². The lowest BCUT2D eigenvalue weighted by atomic mass is 9.90. The zero-order chi connectivity index (χ0) is 26.9. The van der Waals surface area contributed by atoms with Crippen molar-refractivity contribution in [2.24, 2.45) is 5.10 Å². The van der Waals surface area contributed by atoms with Crippen molar-refractivity contribution in [3.8, 4) is 0 Å². The number of methoxy groups -OCH3 is 1. The Balaban J connectivity index is 1.55. The second-order valence-electron chi connectivity index (χ2n) is 8.92. The summed E-state index contributed by atoms with van der Waals surface area (Å²) in [6.45, 7) is -1.08. The topological polar surface area (TPSA) is 100 Å². The number of hydrogen-bond donors (Lipinski definition) is 1. The highest BCUT2D eigenvalue weighted by atomic mass is 35.5. The van der Waals surface area contributed by atoms with Gasteiger partial charge in [-0.1, -0.05) is 54.1 Å². The van der Waals surface area contributed by atoms with Crippen LogP contribution in [0.1, 0.15) is 27.4 Å². The zero-order valence-corrected chi connectivity index (χ0v) is 21.0. The molecule has 12 heteroatoms. The van der Waals surface area contributed by atoms with E-state index in [1.54, 1.807) is 17.1 Å². The van der Waals surface area contributed by atoms with Gasteiger partial charge in [0.25, 0.3) is 11.8 Å². The average molecular weight is 541 g/mol. The predicted octanol–water partition coefficient (Wildman–Crippen LogP) is 3.50. The van der Waals surface area contributed by atoms with Crippen LogP contribution < -0.4 is 15.2 Å². The number of carbonyl (C=O) groups excluding carboxylic acids is 2. The molecule has 1 N–H and O–H groups in total. The lowest BCUT2D eigenvalue weighted by Gasteiger charge is -2.38. The Morgan fingerprint density at radius 1 is 1.13 bits per heavy atom. The Kier molecular flexibility index (Phi) is 6.94. The van der Waals surface area contributed by atoms with Gasteiger partial charge in [-0.15, -0.1) is 0 Å². The van der Waals surface area contributed by atoms with Crippen LogP contribution >= 0.6 is 11.6 Å². The normalized spacial score (nSPS) is 18.0. The van der Waals surface area contributed by atoms with Gasteiger partial charge in [0, 0.05) is 17.1 Å². The number of aromatic nitrogens is 2. The molecule has 0 spiro atoms. The first-order chi connectivity index (χ1) is 18.2. The van der Waals surface area contributed by atoms with Crippen molar-refractivity contribution in [2.45, 2.75) is 11.8 Å². The van der Waals surface area contributed by atoms with Gasteiger partial charge in [0.2, 0.25) is 5.95 Å². The summed E-state index contributed by atoms with van der Waals surface area (Å²) in [5.41, 5.74) is 2.60. The highest BCUT2D eigenvalue weighted by molar-refractivity contribution is 6.30. The van der Waals surface area contributed by atoms with Gasteiger partial charge < -0.3 is 15.0 Å². The number of anilines is 2. The smallest absolute Gasteiger partial charge is 0.325 e. The second kappa shape index (κ2) is 10.3. The Labute approximate surface area is 222 Å². The third-order valence-corrected chi connectivity index (χ3v) is 6.50. The lowest BCUT2D eigenvalue weighted by molar-refractivity contribution is -0.139. The number of hydrogen-bond acceptors (Lipinski definition) is 8. The van der Waals surface area contributed by atoms with Crippen molar-refractivity contribution >= 4 is 41.0 Å². The number of benzene rings is 2. The summed E-state index contributed by atoms with van der Waals surface area (Å²) in [4.78, 5) is 34.6. The van der Waals surface area contributed by atoms with Gasteiger partial charge in [0.1, 0.15) is 12.1 Å². The minimum Gasteiger partial charge on any atom is -0.468 e. The van der Waals surface area contributed by atoms with E-state index < -0.39 is 30.9 Å². The van der Waals surface area contributed by atoms with Crippen molar-refractivity contribution in [1.82, 2.24) is 15.3 Å². The Morgan fingerprint density at radius 2 is 1.84 bits per heavy atom. The molecule has 2 aromatic carbocycles. The fraction of sp³-hybridized carbons (Fsp3) is 0.269. The maximum atomic E-state index is 13.6. The standard InChI is InChI=1S/C26H23ClF2N6O3/c1-38-21(36)12-30-24(37)19-11-31-25(34-14-26(28,29)15-34)32-23(19)35-13-20(16-5-3-2-4-6-16)22(33-35)17-7-9-18(27)10-8-17/h2-11,20H,12-15H2,1H3,(H,30,37). The predicted molar refractivity (Wildman–Crippen MR) is 138 cm³/mol. The minimum absolute atomic E-state index is 0.0397. The van der Waals surface area contributed by atoms with Crippen molar-refractivity contribution < 1.29 is 23.1 Å². The van der Waals surface area contributed by atoms with Crippen LogP contribution in [0.15, 0.2) is 65.9 Å². The van der Waals surface area contributed by atoms with E-state index in [4.69, 9.17) is 16.7 Å². The highest BCUT2D eigenvalue weighted by Gasteiger charge is 2.45. The number of alkyl halides is 2. The van der Waals surface area contributed by atoms with Gasteiger partial charge in [0.05, 0.1) is 32.5 Å². The van der Waals surface area contributed by atoms with Crippen molar-refractivity contribution in [2.75, 3.05) is 43.2 Å². The third kappa shape index (κ3) is 5.28. The quantitative estimate of drug-likeness (QED) is 0.458. The molecule has 196 valence electrons. The molecule has 38 heavy (non-hydrogen) atoms. The molecule has 0 aliphatic carbocycles. The van der Waals surface area contributed by atoms with Crippen LogP contribution in [0.5, 0.6) is 0 Å². The largest absolute Gasteiger partial charge is 0.468 e. The lowest BCUT2D eigenvalue weighted by Crippen LogP contribution is -2.57. The van der Waals surface area contributed by atoms with Gasteiger partial charge in [-0.2, -0.15) is 10.1 Å². The van der Waals surface area contributed by atoms with Gasteiger partial charge >= 0.3 is 5.97 Å². The molecule has 0 radical (unpaired) electrons. The summed E-state index contributed by atoms with van der Waals surface area (Å²) in [5.74, 6) is -4.08. The number of carbonyl (C=O) groups is 2.